The largest absolute Gasteiger partial charge is 0.507 e. The van der Waals surface area contributed by atoms with E-state index < -0.39 is 0 Å². The molecule has 3 heteroatoms. The van der Waals surface area contributed by atoms with Crippen molar-refractivity contribution >= 4 is 21.6 Å². The van der Waals surface area contributed by atoms with Gasteiger partial charge in [-0.25, -0.2) is 0 Å². The second-order valence-electron chi connectivity index (χ2n) is 3.25. The number of nitrogens with two attached hydrogens (primary N) is 1. The number of para-hydroxylation sites is 1. The average molecular weight is 264 g/mol. The zero-order chi connectivity index (χ0) is 10.8. The molecule has 2 rings (SSSR count). The Morgan fingerprint density at radius 2 is 1.80 bits per heavy atom. The van der Waals surface area contributed by atoms with E-state index in [1.54, 1.807) is 12.1 Å². The summed E-state index contributed by atoms with van der Waals surface area (Å²) in [5.74, 6) is 0.272. The summed E-state index contributed by atoms with van der Waals surface area (Å²) in [4.78, 5) is 0. The third kappa shape index (κ3) is 1.97. The minimum atomic E-state index is 0.272. The van der Waals surface area contributed by atoms with Crippen LogP contribution in [0, 0.1) is 0 Å². The van der Waals surface area contributed by atoms with Crippen molar-refractivity contribution in [1.82, 2.24) is 0 Å². The predicted molar refractivity (Wildman–Crippen MR) is 65.7 cm³/mol. The number of halogens is 1. The first-order chi connectivity index (χ1) is 7.18. The molecule has 0 aromatic heterocycles. The third-order valence-corrected chi connectivity index (χ3v) is 2.90. The van der Waals surface area contributed by atoms with Crippen molar-refractivity contribution < 1.29 is 5.11 Å². The highest BCUT2D eigenvalue weighted by Crippen LogP contribution is 2.32. The fraction of sp³-hybridized carbons (Fsp3) is 0. The Labute approximate surface area is 96.5 Å². The molecule has 0 unspecified atom stereocenters. The van der Waals surface area contributed by atoms with Gasteiger partial charge in [-0.1, -0.05) is 24.3 Å². The molecule has 0 amide bonds. The van der Waals surface area contributed by atoms with E-state index in [2.05, 4.69) is 15.9 Å². The molecule has 76 valence electrons. The van der Waals surface area contributed by atoms with Crippen molar-refractivity contribution in [3.63, 3.8) is 0 Å². The lowest BCUT2D eigenvalue weighted by atomic mass is 10.0. The van der Waals surface area contributed by atoms with Gasteiger partial charge in [-0.3, -0.25) is 0 Å². The minimum absolute atomic E-state index is 0.272. The first kappa shape index (κ1) is 10.1. The summed E-state index contributed by atoms with van der Waals surface area (Å²) in [6.45, 7) is 0. The van der Waals surface area contributed by atoms with Crippen LogP contribution in [-0.2, 0) is 0 Å². The lowest BCUT2D eigenvalue weighted by molar-refractivity contribution is 0.477. The van der Waals surface area contributed by atoms with E-state index in [1.807, 2.05) is 30.3 Å². The van der Waals surface area contributed by atoms with Gasteiger partial charge in [0.2, 0.25) is 0 Å². The number of aromatic hydroxyl groups is 1. The number of rotatable bonds is 1. The maximum atomic E-state index is 9.68. The number of hydrogen-bond donors (Lipinski definition) is 2. The van der Waals surface area contributed by atoms with E-state index >= 15 is 0 Å². The van der Waals surface area contributed by atoms with Gasteiger partial charge in [-0.05, 0) is 39.7 Å². The minimum Gasteiger partial charge on any atom is -0.507 e. The Balaban J connectivity index is 2.55. The van der Waals surface area contributed by atoms with E-state index in [4.69, 9.17) is 5.73 Å². The molecule has 0 fully saturated rings. The van der Waals surface area contributed by atoms with E-state index in [1.165, 1.54) is 0 Å². The maximum Gasteiger partial charge on any atom is 0.123 e. The quantitative estimate of drug-likeness (QED) is 0.775. The zero-order valence-electron chi connectivity index (χ0n) is 7.94. The van der Waals surface area contributed by atoms with Gasteiger partial charge in [-0.15, -0.1) is 0 Å². The van der Waals surface area contributed by atoms with Crippen molar-refractivity contribution in [3.8, 4) is 16.9 Å². The molecule has 15 heavy (non-hydrogen) atoms. The van der Waals surface area contributed by atoms with Gasteiger partial charge in [0.05, 0.1) is 0 Å². The molecule has 2 nitrogen and oxygen atoms in total. The van der Waals surface area contributed by atoms with Crippen molar-refractivity contribution in [2.24, 2.45) is 0 Å². The van der Waals surface area contributed by atoms with Crippen LogP contribution in [0.15, 0.2) is 46.9 Å². The standard InChI is InChI=1S/C12H10BrNO/c13-10-7-8(5-6-11(10)14)9-3-1-2-4-12(9)15/h1-7,15H,14H2. The molecule has 0 spiro atoms. The average Bonchev–Trinajstić information content (AvgIpc) is 2.23. The summed E-state index contributed by atoms with van der Waals surface area (Å²) in [7, 11) is 0. The fourth-order valence-electron chi connectivity index (χ4n) is 1.41. The van der Waals surface area contributed by atoms with Crippen LogP contribution in [0.1, 0.15) is 0 Å². The van der Waals surface area contributed by atoms with Crippen LogP contribution in [0.3, 0.4) is 0 Å². The molecule has 3 N–H and O–H groups in total. The smallest absolute Gasteiger partial charge is 0.123 e. The lowest BCUT2D eigenvalue weighted by Crippen LogP contribution is -1.87. The number of benzene rings is 2. The summed E-state index contributed by atoms with van der Waals surface area (Å²) < 4.78 is 0.836. The molecular weight excluding hydrogens is 254 g/mol. The fourth-order valence-corrected chi connectivity index (χ4v) is 1.79. The number of anilines is 1. The molecule has 2 aromatic rings. The molecule has 0 aliphatic heterocycles. The number of phenols is 1. The van der Waals surface area contributed by atoms with E-state index in [-0.39, 0.29) is 5.75 Å². The maximum absolute atomic E-state index is 9.68. The van der Waals surface area contributed by atoms with Crippen LogP contribution >= 0.6 is 15.9 Å². The Hall–Kier alpha value is -1.48. The second-order valence-corrected chi connectivity index (χ2v) is 4.11. The molecule has 0 aliphatic carbocycles. The number of hydrogen-bond acceptors (Lipinski definition) is 2. The summed E-state index contributed by atoms with van der Waals surface area (Å²) in [5, 5.41) is 9.68. The highest BCUT2D eigenvalue weighted by atomic mass is 79.9. The van der Waals surface area contributed by atoms with E-state index in [0.29, 0.717) is 5.69 Å². The van der Waals surface area contributed by atoms with Crippen molar-refractivity contribution in [2.75, 3.05) is 5.73 Å². The Bertz CT molecular complexity index is 497. The first-order valence-electron chi connectivity index (χ1n) is 4.52. The molecule has 0 aliphatic rings. The molecule has 0 saturated heterocycles. The molecule has 0 radical (unpaired) electrons. The van der Waals surface area contributed by atoms with Crippen LogP contribution in [0.4, 0.5) is 5.69 Å². The van der Waals surface area contributed by atoms with Gasteiger partial charge in [0, 0.05) is 15.7 Å². The summed E-state index contributed by atoms with van der Waals surface area (Å²) in [5.41, 5.74) is 8.13. The Morgan fingerprint density at radius 3 is 2.47 bits per heavy atom. The normalized spacial score (nSPS) is 10.2. The van der Waals surface area contributed by atoms with E-state index in [9.17, 15) is 5.11 Å². The molecule has 0 atom stereocenters. The number of nitrogen functional groups attached to an aromatic ring is 1. The van der Waals surface area contributed by atoms with Crippen LogP contribution in [0.25, 0.3) is 11.1 Å². The monoisotopic (exact) mass is 263 g/mol. The topological polar surface area (TPSA) is 46.2 Å². The molecule has 0 saturated carbocycles. The van der Waals surface area contributed by atoms with Crippen LogP contribution < -0.4 is 5.73 Å². The molecule has 2 aromatic carbocycles. The van der Waals surface area contributed by atoms with E-state index in [0.717, 1.165) is 15.6 Å². The van der Waals surface area contributed by atoms with Crippen LogP contribution in [0.5, 0.6) is 5.75 Å². The molecule has 0 bridgehead atoms. The second kappa shape index (κ2) is 3.95. The van der Waals surface area contributed by atoms with Gasteiger partial charge >= 0.3 is 0 Å². The Morgan fingerprint density at radius 1 is 1.07 bits per heavy atom. The van der Waals surface area contributed by atoms with Crippen molar-refractivity contribution in [2.45, 2.75) is 0 Å². The van der Waals surface area contributed by atoms with Crippen molar-refractivity contribution in [1.29, 1.82) is 0 Å². The van der Waals surface area contributed by atoms with Gasteiger partial charge in [0.15, 0.2) is 0 Å². The first-order valence-corrected chi connectivity index (χ1v) is 5.31. The summed E-state index contributed by atoms with van der Waals surface area (Å²) in [6, 6.07) is 12.8. The highest BCUT2D eigenvalue weighted by molar-refractivity contribution is 9.10. The molecule has 0 heterocycles. The molecular formula is C12H10BrNO. The van der Waals surface area contributed by atoms with Gasteiger partial charge in [0.1, 0.15) is 5.75 Å². The lowest BCUT2D eigenvalue weighted by Gasteiger charge is -2.06. The Kier molecular flexibility index (Phi) is 2.64. The summed E-state index contributed by atoms with van der Waals surface area (Å²) >= 11 is 3.36. The van der Waals surface area contributed by atoms with Gasteiger partial charge in [0.25, 0.3) is 0 Å². The number of phenolic OH excluding ortho intramolecular Hbond substituents is 1. The SMILES string of the molecule is Nc1ccc(-c2ccccc2O)cc1Br. The van der Waals surface area contributed by atoms with Gasteiger partial charge < -0.3 is 10.8 Å². The predicted octanol–water partition coefficient (Wildman–Crippen LogP) is 3.40. The van der Waals surface area contributed by atoms with Crippen molar-refractivity contribution in [3.05, 3.63) is 46.9 Å². The zero-order valence-corrected chi connectivity index (χ0v) is 9.53. The highest BCUT2D eigenvalue weighted by Gasteiger charge is 2.04. The van der Waals surface area contributed by atoms with Crippen LogP contribution in [0.2, 0.25) is 0 Å². The van der Waals surface area contributed by atoms with Gasteiger partial charge in [-0.2, -0.15) is 0 Å². The summed E-state index contributed by atoms with van der Waals surface area (Å²) in [6.07, 6.45) is 0. The third-order valence-electron chi connectivity index (χ3n) is 2.22. The van der Waals surface area contributed by atoms with Crippen LogP contribution in [-0.4, -0.2) is 5.11 Å².